The van der Waals surface area contributed by atoms with Crippen LogP contribution in [0.15, 0.2) is 47.4 Å². The van der Waals surface area contributed by atoms with Crippen LogP contribution in [0.5, 0.6) is 0 Å². The number of nitrogens with zero attached hydrogens (tertiary/aromatic N) is 6. The van der Waals surface area contributed by atoms with Gasteiger partial charge in [0.2, 0.25) is 10.0 Å². The second kappa shape index (κ2) is 14.9. The molecular weight excluding hydrogens is 556 g/mol. The van der Waals surface area contributed by atoms with Gasteiger partial charge in [-0.3, -0.25) is 9.69 Å². The number of sulfonamides is 1. The predicted octanol–water partition coefficient (Wildman–Crippen LogP) is 4.70. The Kier molecular flexibility index (Phi) is 12.3. The Morgan fingerprint density at radius 3 is 2.18 bits per heavy atom. The Bertz CT molecular complexity index is 1420. The molecule has 3 aromatic rings. The zero-order chi connectivity index (χ0) is 27.7. The van der Waals surface area contributed by atoms with Crippen LogP contribution >= 0.6 is 23.7 Å². The quantitative estimate of drug-likeness (QED) is 0.284. The first-order valence-corrected chi connectivity index (χ1v) is 14.7. The molecule has 1 amide bonds. The van der Waals surface area contributed by atoms with Gasteiger partial charge in [0.25, 0.3) is 5.91 Å². The smallest absolute Gasteiger partial charge is 0.260 e. The third kappa shape index (κ3) is 8.21. The Morgan fingerprint density at radius 2 is 1.62 bits per heavy atom. The molecule has 0 aliphatic heterocycles. The SMILES string of the molecule is CCc1ccc2nc(N(CCCN(C)C)C(=O)c3ccc(S(=O)(=O)N(CCC#N)CCC#N)cc3)sc2c1.Cl. The minimum atomic E-state index is -3.92. The number of rotatable bonds is 13. The minimum Gasteiger partial charge on any atom is -0.309 e. The second-order valence-electron chi connectivity index (χ2n) is 9.01. The van der Waals surface area contributed by atoms with Crippen LogP contribution in [0.1, 0.15) is 42.1 Å². The number of hydrogen-bond acceptors (Lipinski definition) is 8. The number of thiazole rings is 1. The molecule has 0 aliphatic carbocycles. The average molecular weight is 589 g/mol. The summed E-state index contributed by atoms with van der Waals surface area (Å²) in [5.74, 6) is -0.256. The van der Waals surface area contributed by atoms with Crippen LogP contribution in [-0.4, -0.2) is 68.8 Å². The molecule has 39 heavy (non-hydrogen) atoms. The molecule has 208 valence electrons. The number of aryl methyl sites for hydroxylation is 1. The molecule has 0 N–H and O–H groups in total. The lowest BCUT2D eigenvalue weighted by atomic mass is 10.2. The Labute approximate surface area is 240 Å². The number of aromatic nitrogens is 1. The first-order chi connectivity index (χ1) is 18.2. The van der Waals surface area contributed by atoms with E-state index in [0.717, 1.165) is 33.9 Å². The van der Waals surface area contributed by atoms with E-state index < -0.39 is 10.0 Å². The van der Waals surface area contributed by atoms with Gasteiger partial charge in [-0.2, -0.15) is 14.8 Å². The molecule has 1 heterocycles. The first kappa shape index (κ1) is 32.2. The highest BCUT2D eigenvalue weighted by Crippen LogP contribution is 2.31. The molecule has 0 aliphatic rings. The molecular formula is C27H33ClN6O3S2. The van der Waals surface area contributed by atoms with Gasteiger partial charge in [-0.25, -0.2) is 13.4 Å². The monoisotopic (exact) mass is 588 g/mol. The summed E-state index contributed by atoms with van der Waals surface area (Å²) in [4.78, 5) is 22.1. The van der Waals surface area contributed by atoms with Gasteiger partial charge < -0.3 is 4.90 Å². The van der Waals surface area contributed by atoms with Crippen LogP contribution in [-0.2, 0) is 16.4 Å². The van der Waals surface area contributed by atoms with Crippen LogP contribution in [0.3, 0.4) is 0 Å². The summed E-state index contributed by atoms with van der Waals surface area (Å²) in [6.45, 7) is 3.35. The summed E-state index contributed by atoms with van der Waals surface area (Å²) in [5, 5.41) is 18.4. The molecule has 9 nitrogen and oxygen atoms in total. The molecule has 0 radical (unpaired) electrons. The molecule has 0 unspecified atom stereocenters. The molecule has 0 saturated carbocycles. The fraction of sp³-hybridized carbons (Fsp3) is 0.407. The van der Waals surface area contributed by atoms with Gasteiger partial charge in [0.15, 0.2) is 5.13 Å². The van der Waals surface area contributed by atoms with E-state index in [1.807, 2.05) is 38.4 Å². The lowest BCUT2D eigenvalue weighted by molar-refractivity contribution is 0.0986. The van der Waals surface area contributed by atoms with Crippen molar-refractivity contribution in [1.82, 2.24) is 14.2 Å². The number of benzene rings is 2. The van der Waals surface area contributed by atoms with E-state index in [0.29, 0.717) is 17.2 Å². The average Bonchev–Trinajstić information content (AvgIpc) is 3.33. The van der Waals surface area contributed by atoms with E-state index in [2.05, 4.69) is 17.9 Å². The highest BCUT2D eigenvalue weighted by atomic mass is 35.5. The summed E-state index contributed by atoms with van der Waals surface area (Å²) in [6, 6.07) is 15.8. The second-order valence-corrected chi connectivity index (χ2v) is 12.0. The number of halogens is 1. The summed E-state index contributed by atoms with van der Waals surface area (Å²) >= 11 is 1.47. The van der Waals surface area contributed by atoms with Crippen molar-refractivity contribution in [2.75, 3.05) is 45.2 Å². The van der Waals surface area contributed by atoms with E-state index in [9.17, 15) is 13.2 Å². The lowest BCUT2D eigenvalue weighted by Crippen LogP contribution is -2.34. The normalized spacial score (nSPS) is 11.3. The van der Waals surface area contributed by atoms with E-state index in [4.69, 9.17) is 15.5 Å². The molecule has 0 fully saturated rings. The van der Waals surface area contributed by atoms with E-state index in [-0.39, 0.29) is 49.1 Å². The fourth-order valence-electron chi connectivity index (χ4n) is 3.90. The lowest BCUT2D eigenvalue weighted by Gasteiger charge is -2.22. The fourth-order valence-corrected chi connectivity index (χ4v) is 6.39. The predicted molar refractivity (Wildman–Crippen MR) is 157 cm³/mol. The third-order valence-corrected chi connectivity index (χ3v) is 8.95. The number of carbonyl (C=O) groups excluding carboxylic acids is 1. The number of fused-ring (bicyclic) bond motifs is 1. The number of anilines is 1. The van der Waals surface area contributed by atoms with Crippen molar-refractivity contribution >= 4 is 55.0 Å². The van der Waals surface area contributed by atoms with Gasteiger partial charge in [0, 0.05) is 38.0 Å². The third-order valence-electron chi connectivity index (χ3n) is 6.00. The van der Waals surface area contributed by atoms with Gasteiger partial charge in [0.1, 0.15) is 0 Å². The van der Waals surface area contributed by atoms with Crippen molar-refractivity contribution in [1.29, 1.82) is 10.5 Å². The van der Waals surface area contributed by atoms with Crippen molar-refractivity contribution in [3.05, 3.63) is 53.6 Å². The Balaban J connectivity index is 0.00000533. The zero-order valence-corrected chi connectivity index (χ0v) is 24.8. The van der Waals surface area contributed by atoms with Crippen LogP contribution in [0.4, 0.5) is 5.13 Å². The molecule has 2 aromatic carbocycles. The van der Waals surface area contributed by atoms with Gasteiger partial charge in [-0.15, -0.1) is 12.4 Å². The Hall–Kier alpha value is -3.06. The summed E-state index contributed by atoms with van der Waals surface area (Å²) in [5.41, 5.74) is 2.39. The summed E-state index contributed by atoms with van der Waals surface area (Å²) < 4.78 is 28.4. The summed E-state index contributed by atoms with van der Waals surface area (Å²) in [7, 11) is 0.0383. The van der Waals surface area contributed by atoms with Crippen molar-refractivity contribution in [2.45, 2.75) is 37.5 Å². The number of hydrogen-bond donors (Lipinski definition) is 0. The van der Waals surface area contributed by atoms with Crippen LogP contribution in [0.25, 0.3) is 10.2 Å². The van der Waals surface area contributed by atoms with Crippen molar-refractivity contribution < 1.29 is 13.2 Å². The standard InChI is InChI=1S/C27H32N6O3S2.ClH/c1-4-21-8-13-24-25(20-21)37-27(30-24)33(19-7-16-31(2)3)26(34)22-9-11-23(12-10-22)38(35,36)32(17-5-14-28)18-6-15-29;/h8-13,20H,4-7,16-19H2,1-3H3;1H. The van der Waals surface area contributed by atoms with Crippen molar-refractivity contribution in [3.8, 4) is 12.1 Å². The van der Waals surface area contributed by atoms with Crippen LogP contribution in [0.2, 0.25) is 0 Å². The van der Waals surface area contributed by atoms with E-state index in [1.54, 1.807) is 4.90 Å². The number of carbonyl (C=O) groups is 1. The van der Waals surface area contributed by atoms with Gasteiger partial charge in [-0.1, -0.05) is 24.3 Å². The van der Waals surface area contributed by atoms with E-state index in [1.165, 1.54) is 41.2 Å². The topological polar surface area (TPSA) is 121 Å². The van der Waals surface area contributed by atoms with Gasteiger partial charge in [0.05, 0.1) is 27.3 Å². The van der Waals surface area contributed by atoms with Crippen molar-refractivity contribution in [3.63, 3.8) is 0 Å². The maximum atomic E-state index is 13.6. The summed E-state index contributed by atoms with van der Waals surface area (Å²) in [6.07, 6.45) is 1.69. The maximum absolute atomic E-state index is 13.6. The zero-order valence-electron chi connectivity index (χ0n) is 22.3. The van der Waals surface area contributed by atoms with Crippen LogP contribution < -0.4 is 4.90 Å². The number of nitriles is 2. The maximum Gasteiger partial charge on any atom is 0.260 e. The van der Waals surface area contributed by atoms with Gasteiger partial charge >= 0.3 is 0 Å². The van der Waals surface area contributed by atoms with Gasteiger partial charge in [-0.05, 0) is 75.4 Å². The highest BCUT2D eigenvalue weighted by molar-refractivity contribution is 7.89. The molecule has 0 bridgehead atoms. The molecule has 3 rings (SSSR count). The largest absolute Gasteiger partial charge is 0.309 e. The molecule has 0 spiro atoms. The Morgan fingerprint density at radius 1 is 0.974 bits per heavy atom. The minimum absolute atomic E-state index is 0. The molecule has 1 aromatic heterocycles. The molecule has 0 atom stereocenters. The highest BCUT2D eigenvalue weighted by Gasteiger charge is 2.26. The molecule has 12 heteroatoms. The van der Waals surface area contributed by atoms with E-state index >= 15 is 0 Å². The van der Waals surface area contributed by atoms with Crippen molar-refractivity contribution in [2.24, 2.45) is 0 Å². The van der Waals surface area contributed by atoms with Crippen LogP contribution in [0, 0.1) is 22.7 Å². The first-order valence-electron chi connectivity index (χ1n) is 12.4. The number of amides is 1. The molecule has 0 saturated heterocycles.